The van der Waals surface area contributed by atoms with E-state index in [2.05, 4.69) is 30.6 Å². The number of aromatic amines is 1. The molecule has 5 aromatic rings. The lowest BCUT2D eigenvalue weighted by atomic mass is 10.1. The summed E-state index contributed by atoms with van der Waals surface area (Å²) in [7, 11) is -3.67. The van der Waals surface area contributed by atoms with Gasteiger partial charge in [0, 0.05) is 17.7 Å². The Hall–Kier alpha value is -6.33. The SMILES string of the molecule is CC(CCC(=O)O)C(=O)O.CCOP(=O)(OCC)OCc1ccc(OC(=O)c2ccccc2Nc2nc3ncc(CNc4ccc(C(C)=O)cc4)nc3c(=O)[nH]2)cc1. The Morgan fingerprint density at radius 2 is 1.57 bits per heavy atom. The standard InChI is InChI=1S/C33H33N6O8P.C6H10O4/c1-4-44-48(43,45-5-2)46-20-22-10-16-26(17-11-22)47-32(42)27-8-6-7-9-28(27)37-33-38-30-29(31(41)39-33)36-25(19-35-30)18-34-24-14-12-23(13-15-24)21(3)40;1-4(6(9)10)2-3-5(7)8/h6-17,19,34H,4-5,18,20H2,1-3H3,(H2,35,37,38,39,41);4H,2-3H2,1H3,(H,7,8)(H,9,10). The number of hydrogen-bond acceptors (Lipinski definition) is 15. The zero-order valence-electron chi connectivity index (χ0n) is 32.1. The predicted octanol–water partition coefficient (Wildman–Crippen LogP) is 6.76. The monoisotopic (exact) mass is 818 g/mol. The number of Topliss-reactive ketones (excluding diaryl/α,β-unsaturated/α-hetero) is 1. The van der Waals surface area contributed by atoms with Gasteiger partial charge in [0.05, 0.1) is 55.4 Å². The number of nitrogens with zero attached hydrogens (tertiary/aromatic N) is 3. The summed E-state index contributed by atoms with van der Waals surface area (Å²) < 4.78 is 33.7. The number of fused-ring (bicyclic) bond motifs is 1. The third-order valence-electron chi connectivity index (χ3n) is 7.94. The number of carbonyl (C=O) groups is 4. The maximum absolute atomic E-state index is 13.1. The molecule has 0 saturated carbocycles. The van der Waals surface area contributed by atoms with Gasteiger partial charge in [-0.3, -0.25) is 37.7 Å². The molecule has 5 N–H and O–H groups in total. The van der Waals surface area contributed by atoms with Crippen molar-refractivity contribution in [2.24, 2.45) is 5.92 Å². The molecule has 306 valence electrons. The van der Waals surface area contributed by atoms with Crippen LogP contribution in [0.3, 0.4) is 0 Å². The number of ketones is 1. The summed E-state index contributed by atoms with van der Waals surface area (Å²) in [5, 5.41) is 22.6. The number of esters is 1. The van der Waals surface area contributed by atoms with Gasteiger partial charge in [-0.15, -0.1) is 0 Å². The minimum Gasteiger partial charge on any atom is -0.481 e. The van der Waals surface area contributed by atoms with Crippen molar-refractivity contribution in [2.45, 2.75) is 53.7 Å². The van der Waals surface area contributed by atoms with E-state index >= 15 is 0 Å². The lowest BCUT2D eigenvalue weighted by molar-refractivity contribution is -0.142. The van der Waals surface area contributed by atoms with Gasteiger partial charge in [0.1, 0.15) is 5.75 Å². The van der Waals surface area contributed by atoms with Crippen LogP contribution in [-0.4, -0.2) is 67.1 Å². The molecule has 2 heterocycles. The number of phosphoric ester groups is 1. The van der Waals surface area contributed by atoms with Crippen molar-refractivity contribution < 1.29 is 52.3 Å². The van der Waals surface area contributed by atoms with E-state index in [9.17, 15) is 28.5 Å². The van der Waals surface area contributed by atoms with Gasteiger partial charge in [-0.1, -0.05) is 31.2 Å². The second-order valence-corrected chi connectivity index (χ2v) is 14.0. The first-order valence-corrected chi connectivity index (χ1v) is 19.4. The van der Waals surface area contributed by atoms with Crippen LogP contribution >= 0.6 is 7.82 Å². The van der Waals surface area contributed by atoms with E-state index in [1.165, 1.54) is 20.0 Å². The molecular formula is C39H43N6O12P. The third-order valence-corrected chi connectivity index (χ3v) is 9.54. The number of anilines is 3. The molecule has 1 atom stereocenters. The quantitative estimate of drug-likeness (QED) is 0.0249. The molecule has 0 bridgehead atoms. The number of rotatable bonds is 19. The summed E-state index contributed by atoms with van der Waals surface area (Å²) in [5.74, 6) is -2.81. The molecule has 0 fully saturated rings. The highest BCUT2D eigenvalue weighted by atomic mass is 31.2. The molecule has 0 aliphatic rings. The fraction of sp³-hybridized carbons (Fsp3) is 0.282. The third kappa shape index (κ3) is 13.4. The zero-order valence-corrected chi connectivity index (χ0v) is 33.0. The number of ether oxygens (including phenoxy) is 1. The van der Waals surface area contributed by atoms with E-state index in [1.807, 2.05) is 0 Å². The number of benzene rings is 3. The lowest BCUT2D eigenvalue weighted by Crippen LogP contribution is -2.16. The summed E-state index contributed by atoms with van der Waals surface area (Å²) in [4.78, 5) is 73.4. The van der Waals surface area contributed by atoms with Crippen LogP contribution in [0.15, 0.2) is 83.8 Å². The highest BCUT2D eigenvalue weighted by molar-refractivity contribution is 7.48. The van der Waals surface area contributed by atoms with Crippen molar-refractivity contribution in [3.05, 3.63) is 112 Å². The number of carboxylic acids is 2. The first-order chi connectivity index (χ1) is 27.7. The van der Waals surface area contributed by atoms with Crippen LogP contribution < -0.4 is 20.9 Å². The van der Waals surface area contributed by atoms with Crippen LogP contribution in [0, 0.1) is 5.92 Å². The Bertz CT molecular complexity index is 2310. The highest BCUT2D eigenvalue weighted by Gasteiger charge is 2.25. The van der Waals surface area contributed by atoms with Crippen molar-refractivity contribution in [3.63, 3.8) is 0 Å². The molecule has 0 spiro atoms. The Labute approximate surface area is 332 Å². The molecule has 1 unspecified atom stereocenters. The Morgan fingerprint density at radius 3 is 2.19 bits per heavy atom. The van der Waals surface area contributed by atoms with Gasteiger partial charge in [-0.05, 0) is 81.3 Å². The van der Waals surface area contributed by atoms with Crippen molar-refractivity contribution in [1.29, 1.82) is 0 Å². The summed E-state index contributed by atoms with van der Waals surface area (Å²) in [6.45, 7) is 6.97. The van der Waals surface area contributed by atoms with Gasteiger partial charge in [0.2, 0.25) is 5.95 Å². The number of nitrogens with one attached hydrogen (secondary N) is 3. The van der Waals surface area contributed by atoms with Crippen LogP contribution in [0.5, 0.6) is 5.75 Å². The summed E-state index contributed by atoms with van der Waals surface area (Å²) >= 11 is 0. The van der Waals surface area contributed by atoms with Crippen molar-refractivity contribution in [2.75, 3.05) is 23.8 Å². The molecule has 0 amide bonds. The van der Waals surface area contributed by atoms with Gasteiger partial charge in [0.25, 0.3) is 5.56 Å². The van der Waals surface area contributed by atoms with E-state index in [0.29, 0.717) is 22.5 Å². The predicted molar refractivity (Wildman–Crippen MR) is 212 cm³/mol. The van der Waals surface area contributed by atoms with Crippen LogP contribution in [0.25, 0.3) is 11.2 Å². The fourth-order valence-electron chi connectivity index (χ4n) is 4.87. The van der Waals surface area contributed by atoms with E-state index < -0.39 is 37.2 Å². The molecule has 18 nitrogen and oxygen atoms in total. The van der Waals surface area contributed by atoms with Gasteiger partial charge >= 0.3 is 25.7 Å². The molecule has 5 rings (SSSR count). The second-order valence-electron chi connectivity index (χ2n) is 12.4. The molecule has 3 aromatic carbocycles. The first-order valence-electron chi connectivity index (χ1n) is 18.0. The smallest absolute Gasteiger partial charge is 0.475 e. The molecule has 0 saturated heterocycles. The fourth-order valence-corrected chi connectivity index (χ4v) is 6.04. The average Bonchev–Trinajstić information content (AvgIpc) is 3.19. The molecule has 0 radical (unpaired) electrons. The summed E-state index contributed by atoms with van der Waals surface area (Å²) in [5.41, 5.74) is 2.72. The van der Waals surface area contributed by atoms with Crippen molar-refractivity contribution in [3.8, 4) is 5.75 Å². The number of hydrogen-bond donors (Lipinski definition) is 5. The number of carboxylic acid groups (broad SMARTS) is 2. The van der Waals surface area contributed by atoms with Crippen molar-refractivity contribution in [1.82, 2.24) is 19.9 Å². The maximum Gasteiger partial charge on any atom is 0.475 e. The highest BCUT2D eigenvalue weighted by Crippen LogP contribution is 2.49. The van der Waals surface area contributed by atoms with E-state index in [-0.39, 0.29) is 73.4 Å². The summed E-state index contributed by atoms with van der Waals surface area (Å²) in [6.07, 6.45) is 1.63. The van der Waals surface area contributed by atoms with Crippen LogP contribution in [-0.2, 0) is 40.9 Å². The number of H-pyrrole nitrogens is 1. The molecule has 0 aliphatic heterocycles. The normalized spacial score (nSPS) is 11.5. The Morgan fingerprint density at radius 1 is 0.897 bits per heavy atom. The largest absolute Gasteiger partial charge is 0.481 e. The summed E-state index contributed by atoms with van der Waals surface area (Å²) in [6, 6.07) is 20.1. The number of aliphatic carboxylic acids is 2. The number of carbonyl (C=O) groups excluding carboxylic acids is 2. The van der Waals surface area contributed by atoms with E-state index in [1.54, 1.807) is 86.6 Å². The lowest BCUT2D eigenvalue weighted by Gasteiger charge is -2.16. The van der Waals surface area contributed by atoms with Gasteiger partial charge < -0.3 is 25.6 Å². The molecule has 0 aliphatic carbocycles. The van der Waals surface area contributed by atoms with Crippen LogP contribution in [0.4, 0.5) is 17.3 Å². The van der Waals surface area contributed by atoms with Gasteiger partial charge in [-0.25, -0.2) is 19.3 Å². The maximum atomic E-state index is 13.1. The molecular weight excluding hydrogens is 775 g/mol. The average molecular weight is 819 g/mol. The number of aromatic nitrogens is 4. The Balaban J connectivity index is 0.000000657. The van der Waals surface area contributed by atoms with Crippen LogP contribution in [0.2, 0.25) is 0 Å². The Kier molecular flexibility index (Phi) is 16.3. The van der Waals surface area contributed by atoms with E-state index in [4.69, 9.17) is 28.5 Å². The topological polar surface area (TPSA) is 258 Å². The van der Waals surface area contributed by atoms with Gasteiger partial charge in [0.15, 0.2) is 16.9 Å². The first kappa shape index (κ1) is 44.4. The van der Waals surface area contributed by atoms with Gasteiger partial charge in [-0.2, -0.15) is 4.98 Å². The minimum absolute atomic E-state index is 0.0209. The van der Waals surface area contributed by atoms with Crippen LogP contribution in [0.1, 0.15) is 72.5 Å². The van der Waals surface area contributed by atoms with E-state index in [0.717, 1.165) is 5.69 Å². The second kappa shape index (κ2) is 21.3. The minimum atomic E-state index is -3.67. The molecule has 2 aromatic heterocycles. The molecule has 58 heavy (non-hydrogen) atoms. The zero-order chi connectivity index (χ0) is 42.2. The number of para-hydroxylation sites is 1. The molecule has 19 heteroatoms. The van der Waals surface area contributed by atoms with Crippen molar-refractivity contribution >= 4 is 60.0 Å². The number of phosphoric acid groups is 1.